The highest BCUT2D eigenvalue weighted by Crippen LogP contribution is 2.21. The normalized spacial score (nSPS) is 10.9. The Hall–Kier alpha value is -2.57. The van der Waals surface area contributed by atoms with Gasteiger partial charge in [-0.05, 0) is 24.1 Å². The smallest absolute Gasteiger partial charge is 0.343 e. The van der Waals surface area contributed by atoms with Crippen LogP contribution >= 0.6 is 0 Å². The third-order valence-corrected chi connectivity index (χ3v) is 3.12. The Labute approximate surface area is 131 Å². The molecule has 0 aliphatic heterocycles. The first-order valence-electron chi connectivity index (χ1n) is 6.99. The number of rotatable bonds is 4. The van der Waals surface area contributed by atoms with Crippen molar-refractivity contribution in [3.63, 3.8) is 0 Å². The summed E-state index contributed by atoms with van der Waals surface area (Å²) in [6, 6.07) is 4.15. The van der Waals surface area contributed by atoms with Crippen molar-refractivity contribution in [3.8, 4) is 11.3 Å². The number of aromatic nitrogens is 2. The fraction of sp³-hybridized carbons (Fsp3) is 0.312. The second kappa shape index (κ2) is 6.68. The zero-order valence-electron chi connectivity index (χ0n) is 13.0. The molecule has 0 spiro atoms. The SMILES string of the molecule is COC(=O)c1cc(-c2ccc(F)cc2F)nn(CC(C)C)c1=O. The average Bonchev–Trinajstić information content (AvgIpc) is 2.48. The van der Waals surface area contributed by atoms with E-state index in [0.717, 1.165) is 23.9 Å². The van der Waals surface area contributed by atoms with Crippen LogP contribution in [0.4, 0.5) is 8.78 Å². The van der Waals surface area contributed by atoms with E-state index in [0.29, 0.717) is 6.07 Å². The Bertz CT molecular complexity index is 800. The van der Waals surface area contributed by atoms with Crippen molar-refractivity contribution in [2.24, 2.45) is 5.92 Å². The Morgan fingerprint density at radius 1 is 1.30 bits per heavy atom. The van der Waals surface area contributed by atoms with Crippen molar-refractivity contribution >= 4 is 5.97 Å². The Kier molecular flexibility index (Phi) is 4.88. The summed E-state index contributed by atoms with van der Waals surface area (Å²) in [4.78, 5) is 24.1. The molecule has 0 fully saturated rings. The zero-order valence-corrected chi connectivity index (χ0v) is 13.0. The molecule has 0 unspecified atom stereocenters. The van der Waals surface area contributed by atoms with Crippen LogP contribution in [-0.2, 0) is 11.3 Å². The first-order valence-corrected chi connectivity index (χ1v) is 6.99. The molecule has 0 radical (unpaired) electrons. The van der Waals surface area contributed by atoms with E-state index in [-0.39, 0.29) is 29.3 Å². The van der Waals surface area contributed by atoms with Gasteiger partial charge >= 0.3 is 5.97 Å². The highest BCUT2D eigenvalue weighted by molar-refractivity contribution is 5.90. The third-order valence-electron chi connectivity index (χ3n) is 3.12. The van der Waals surface area contributed by atoms with Gasteiger partial charge in [-0.2, -0.15) is 5.10 Å². The Balaban J connectivity index is 2.68. The van der Waals surface area contributed by atoms with Gasteiger partial charge in [0, 0.05) is 18.2 Å². The summed E-state index contributed by atoms with van der Waals surface area (Å²) < 4.78 is 32.7. The van der Waals surface area contributed by atoms with Crippen molar-refractivity contribution in [2.75, 3.05) is 7.11 Å². The lowest BCUT2D eigenvalue weighted by atomic mass is 10.1. The van der Waals surface area contributed by atoms with Crippen LogP contribution in [0, 0.1) is 17.6 Å². The standard InChI is InChI=1S/C16H16F2N2O3/c1-9(2)8-20-15(21)12(16(22)23-3)7-14(19-20)11-5-4-10(17)6-13(11)18/h4-7,9H,8H2,1-3H3. The van der Waals surface area contributed by atoms with Crippen LogP contribution in [0.25, 0.3) is 11.3 Å². The molecule has 1 aromatic carbocycles. The minimum atomic E-state index is -0.835. The molecule has 0 aliphatic carbocycles. The molecule has 0 aliphatic rings. The minimum Gasteiger partial charge on any atom is -0.465 e. The molecule has 0 saturated carbocycles. The van der Waals surface area contributed by atoms with Gasteiger partial charge in [-0.3, -0.25) is 4.79 Å². The molecule has 1 heterocycles. The molecule has 0 atom stereocenters. The molecular weight excluding hydrogens is 306 g/mol. The molecule has 7 heteroatoms. The van der Waals surface area contributed by atoms with Gasteiger partial charge in [0.25, 0.3) is 5.56 Å². The first kappa shape index (κ1) is 16.8. The van der Waals surface area contributed by atoms with E-state index in [9.17, 15) is 18.4 Å². The van der Waals surface area contributed by atoms with E-state index in [1.165, 1.54) is 6.07 Å². The Morgan fingerprint density at radius 2 is 2.00 bits per heavy atom. The van der Waals surface area contributed by atoms with Crippen LogP contribution in [0.15, 0.2) is 29.1 Å². The number of methoxy groups -OCH3 is 1. The molecule has 0 bridgehead atoms. The van der Waals surface area contributed by atoms with Crippen LogP contribution in [0.2, 0.25) is 0 Å². The van der Waals surface area contributed by atoms with Crippen molar-refractivity contribution in [1.82, 2.24) is 9.78 Å². The highest BCUT2D eigenvalue weighted by atomic mass is 19.1. The quantitative estimate of drug-likeness (QED) is 0.812. The molecule has 5 nitrogen and oxygen atoms in total. The van der Waals surface area contributed by atoms with E-state index < -0.39 is 23.2 Å². The fourth-order valence-corrected chi connectivity index (χ4v) is 2.10. The molecule has 122 valence electrons. The summed E-state index contributed by atoms with van der Waals surface area (Å²) >= 11 is 0. The van der Waals surface area contributed by atoms with Crippen LogP contribution in [0.5, 0.6) is 0 Å². The molecule has 2 aromatic rings. The van der Waals surface area contributed by atoms with Crippen LogP contribution in [0.3, 0.4) is 0 Å². The number of esters is 1. The second-order valence-corrected chi connectivity index (χ2v) is 5.44. The van der Waals surface area contributed by atoms with Crippen molar-refractivity contribution in [2.45, 2.75) is 20.4 Å². The van der Waals surface area contributed by atoms with E-state index in [4.69, 9.17) is 0 Å². The first-order chi connectivity index (χ1) is 10.8. The van der Waals surface area contributed by atoms with Gasteiger partial charge in [-0.25, -0.2) is 18.3 Å². The summed E-state index contributed by atoms with van der Waals surface area (Å²) in [6.45, 7) is 3.99. The molecule has 1 aromatic heterocycles. The molecular formula is C16H16F2N2O3. The minimum absolute atomic E-state index is 0.00550. The topological polar surface area (TPSA) is 61.2 Å². The predicted molar refractivity (Wildman–Crippen MR) is 80.0 cm³/mol. The number of halogens is 2. The number of nitrogens with zero attached hydrogens (tertiary/aromatic N) is 2. The summed E-state index contributed by atoms with van der Waals surface area (Å²) in [7, 11) is 1.15. The van der Waals surface area contributed by atoms with Gasteiger partial charge in [0.2, 0.25) is 0 Å². The number of ether oxygens (including phenoxy) is 1. The summed E-state index contributed by atoms with van der Waals surface area (Å²) in [5.41, 5.74) is -0.809. The summed E-state index contributed by atoms with van der Waals surface area (Å²) in [5.74, 6) is -2.31. The maximum absolute atomic E-state index is 14.0. The van der Waals surface area contributed by atoms with E-state index >= 15 is 0 Å². The molecule has 23 heavy (non-hydrogen) atoms. The van der Waals surface area contributed by atoms with E-state index in [1.807, 2.05) is 13.8 Å². The number of hydrogen-bond donors (Lipinski definition) is 0. The van der Waals surface area contributed by atoms with Gasteiger partial charge in [0.05, 0.1) is 12.8 Å². The second-order valence-electron chi connectivity index (χ2n) is 5.44. The van der Waals surface area contributed by atoms with Crippen molar-refractivity contribution < 1.29 is 18.3 Å². The van der Waals surface area contributed by atoms with Gasteiger partial charge in [-0.15, -0.1) is 0 Å². The largest absolute Gasteiger partial charge is 0.465 e. The fourth-order valence-electron chi connectivity index (χ4n) is 2.10. The van der Waals surface area contributed by atoms with Gasteiger partial charge in [0.15, 0.2) is 0 Å². The molecule has 0 N–H and O–H groups in total. The lowest BCUT2D eigenvalue weighted by Crippen LogP contribution is -2.31. The zero-order chi connectivity index (χ0) is 17.1. The third kappa shape index (κ3) is 3.61. The van der Waals surface area contributed by atoms with Crippen LogP contribution in [-0.4, -0.2) is 22.9 Å². The summed E-state index contributed by atoms with van der Waals surface area (Å²) in [6.07, 6.45) is 0. The molecule has 0 amide bonds. The highest BCUT2D eigenvalue weighted by Gasteiger charge is 2.19. The van der Waals surface area contributed by atoms with E-state index in [2.05, 4.69) is 9.84 Å². The van der Waals surface area contributed by atoms with E-state index in [1.54, 1.807) is 0 Å². The maximum Gasteiger partial charge on any atom is 0.343 e. The monoisotopic (exact) mass is 322 g/mol. The Morgan fingerprint density at radius 3 is 2.57 bits per heavy atom. The van der Waals surface area contributed by atoms with Crippen LogP contribution in [0.1, 0.15) is 24.2 Å². The number of carbonyl (C=O) groups excluding carboxylic acids is 1. The van der Waals surface area contributed by atoms with Crippen LogP contribution < -0.4 is 5.56 Å². The number of hydrogen-bond acceptors (Lipinski definition) is 4. The molecule has 0 saturated heterocycles. The average molecular weight is 322 g/mol. The maximum atomic E-state index is 14.0. The predicted octanol–water partition coefficient (Wildman–Crippen LogP) is 2.63. The van der Waals surface area contributed by atoms with Gasteiger partial charge in [-0.1, -0.05) is 13.8 Å². The lowest BCUT2D eigenvalue weighted by molar-refractivity contribution is 0.0597. The molecule has 2 rings (SSSR count). The summed E-state index contributed by atoms with van der Waals surface area (Å²) in [5, 5.41) is 4.08. The number of benzene rings is 1. The number of carbonyl (C=O) groups is 1. The van der Waals surface area contributed by atoms with Gasteiger partial charge < -0.3 is 4.74 Å². The van der Waals surface area contributed by atoms with Crippen molar-refractivity contribution in [1.29, 1.82) is 0 Å². The van der Waals surface area contributed by atoms with Crippen molar-refractivity contribution in [3.05, 3.63) is 51.8 Å². The van der Waals surface area contributed by atoms with Gasteiger partial charge in [0.1, 0.15) is 17.2 Å². The lowest BCUT2D eigenvalue weighted by Gasteiger charge is -2.12.